The molecule has 0 fully saturated rings. The number of methoxy groups -OCH3 is 1. The second-order valence-electron chi connectivity index (χ2n) is 9.58. The fourth-order valence-corrected chi connectivity index (χ4v) is 3.45. The molecule has 0 bridgehead atoms. The fraction of sp³-hybridized carbons (Fsp3) is 0.227. The molecule has 0 aliphatic heterocycles. The van der Waals surface area contributed by atoms with Crippen LogP contribution in [0.25, 0.3) is 11.4 Å². The van der Waals surface area contributed by atoms with Crippen molar-refractivity contribution in [2.75, 3.05) is 17.7 Å². The lowest BCUT2D eigenvalue weighted by atomic mass is 9.49. The molecule has 1 amide bonds. The molecule has 4 rings (SSSR count). The van der Waals surface area contributed by atoms with E-state index >= 15 is 0 Å². The standard InChI is InChI=1S/C22H27B3N10O2/c1-11-7-15(27-9-12(11)2)30-16-8-14(17(33-32-16)21(36)31-22(23,24)25)29-20-18(37-4)13(5-6-26-20)19-28-10-35(3)34-19/h5-10H,23-25H2,1-4H3,(H,31,36)(H2,26,27,29,30,32). The molecule has 4 aromatic heterocycles. The van der Waals surface area contributed by atoms with Crippen molar-refractivity contribution < 1.29 is 9.53 Å². The first-order valence-corrected chi connectivity index (χ1v) is 11.6. The quantitative estimate of drug-likeness (QED) is 0.271. The number of ether oxygens (including phenoxy) is 1. The lowest BCUT2D eigenvalue weighted by Crippen LogP contribution is -2.50. The van der Waals surface area contributed by atoms with Crippen molar-refractivity contribution in [1.29, 1.82) is 0 Å². The van der Waals surface area contributed by atoms with Crippen LogP contribution in [0.4, 0.5) is 23.1 Å². The summed E-state index contributed by atoms with van der Waals surface area (Å²) in [6.45, 7) is 3.99. The molecule has 0 aliphatic rings. The topological polar surface area (TPSA) is 145 Å². The van der Waals surface area contributed by atoms with Gasteiger partial charge < -0.3 is 20.7 Å². The molecule has 37 heavy (non-hydrogen) atoms. The van der Waals surface area contributed by atoms with E-state index in [0.717, 1.165) is 11.1 Å². The first kappa shape index (κ1) is 25.7. The third-order valence-electron chi connectivity index (χ3n) is 5.33. The Morgan fingerprint density at radius 3 is 2.46 bits per heavy atom. The zero-order chi connectivity index (χ0) is 26.7. The third-order valence-corrected chi connectivity index (χ3v) is 5.33. The van der Waals surface area contributed by atoms with Crippen LogP contribution in [0.15, 0.2) is 36.9 Å². The summed E-state index contributed by atoms with van der Waals surface area (Å²) in [6, 6.07) is 5.35. The number of rotatable bonds is 8. The van der Waals surface area contributed by atoms with E-state index in [1.165, 1.54) is 7.11 Å². The SMILES string of the molecule is BC(B)(B)NC(=O)c1nnc(Nc2cc(C)c(C)cn2)cc1Nc1nccc(-c2ncn(C)n2)c1OC. The van der Waals surface area contributed by atoms with Gasteiger partial charge >= 0.3 is 0 Å². The Balaban J connectivity index is 1.75. The number of pyridine rings is 2. The maximum Gasteiger partial charge on any atom is 0.272 e. The molecule has 0 aliphatic carbocycles. The highest BCUT2D eigenvalue weighted by Gasteiger charge is 2.23. The van der Waals surface area contributed by atoms with Crippen LogP contribution in [0, 0.1) is 13.8 Å². The van der Waals surface area contributed by atoms with E-state index in [2.05, 4.69) is 46.2 Å². The average molecular weight is 496 g/mol. The largest absolute Gasteiger partial charge is 0.492 e. The summed E-state index contributed by atoms with van der Waals surface area (Å²) in [5.74, 6) is 1.87. The summed E-state index contributed by atoms with van der Waals surface area (Å²) < 4.78 is 7.27. The second kappa shape index (κ2) is 10.3. The molecule has 0 spiro atoms. The number of carbonyl (C=O) groups is 1. The van der Waals surface area contributed by atoms with E-state index in [9.17, 15) is 4.79 Å². The van der Waals surface area contributed by atoms with Gasteiger partial charge in [-0.2, -0.15) is 5.10 Å². The highest BCUT2D eigenvalue weighted by atomic mass is 16.5. The van der Waals surface area contributed by atoms with Crippen LogP contribution in [0.2, 0.25) is 0 Å². The molecule has 3 N–H and O–H groups in total. The molecular weight excluding hydrogens is 469 g/mol. The van der Waals surface area contributed by atoms with Gasteiger partial charge in [-0.3, -0.25) is 9.48 Å². The Morgan fingerprint density at radius 1 is 1.03 bits per heavy atom. The van der Waals surface area contributed by atoms with Gasteiger partial charge in [0.15, 0.2) is 28.9 Å². The molecule has 0 saturated heterocycles. The van der Waals surface area contributed by atoms with E-state index in [4.69, 9.17) is 4.74 Å². The van der Waals surface area contributed by atoms with Gasteiger partial charge in [-0.05, 0) is 42.3 Å². The minimum atomic E-state index is -0.475. The maximum atomic E-state index is 13.1. The van der Waals surface area contributed by atoms with Gasteiger partial charge in [-0.15, -0.1) is 10.2 Å². The van der Waals surface area contributed by atoms with Crippen molar-refractivity contribution >= 4 is 52.6 Å². The second-order valence-corrected chi connectivity index (χ2v) is 9.58. The molecule has 186 valence electrons. The molecule has 15 heteroatoms. The number of anilines is 4. The third kappa shape index (κ3) is 6.05. The van der Waals surface area contributed by atoms with Crippen LogP contribution in [0.5, 0.6) is 5.75 Å². The lowest BCUT2D eigenvalue weighted by molar-refractivity contribution is 0.0947. The van der Waals surface area contributed by atoms with Gasteiger partial charge in [0.1, 0.15) is 35.7 Å². The zero-order valence-corrected chi connectivity index (χ0v) is 21.9. The van der Waals surface area contributed by atoms with Crippen LogP contribution >= 0.6 is 0 Å². The van der Waals surface area contributed by atoms with Crippen LogP contribution in [0.3, 0.4) is 0 Å². The number of aryl methyl sites for hydroxylation is 3. The summed E-state index contributed by atoms with van der Waals surface area (Å²) in [7, 11) is 8.98. The summed E-state index contributed by atoms with van der Waals surface area (Å²) in [6.07, 6.45) is 4.99. The van der Waals surface area contributed by atoms with Crippen LogP contribution < -0.4 is 20.7 Å². The summed E-state index contributed by atoms with van der Waals surface area (Å²) in [5, 5.41) is 21.6. The van der Waals surface area contributed by atoms with E-state index in [1.54, 1.807) is 42.6 Å². The number of nitrogens with zero attached hydrogens (tertiary/aromatic N) is 7. The molecule has 0 unspecified atom stereocenters. The van der Waals surface area contributed by atoms with Crippen molar-refractivity contribution in [3.8, 4) is 17.1 Å². The first-order valence-electron chi connectivity index (χ1n) is 11.6. The number of aromatic nitrogens is 7. The van der Waals surface area contributed by atoms with Crippen molar-refractivity contribution in [2.45, 2.75) is 19.1 Å². The predicted molar refractivity (Wildman–Crippen MR) is 149 cm³/mol. The average Bonchev–Trinajstić information content (AvgIpc) is 3.26. The number of carbonyl (C=O) groups excluding carboxylic acids is 1. The summed E-state index contributed by atoms with van der Waals surface area (Å²) in [4.78, 5) is 26.3. The number of nitrogens with one attached hydrogen (secondary N) is 3. The Labute approximate surface area is 217 Å². The Bertz CT molecular complexity index is 1460. The minimum absolute atomic E-state index is 0.0961. The van der Waals surface area contributed by atoms with E-state index in [-0.39, 0.29) is 11.6 Å². The molecule has 0 saturated carbocycles. The van der Waals surface area contributed by atoms with E-state index < -0.39 is 5.24 Å². The van der Waals surface area contributed by atoms with Crippen LogP contribution in [-0.2, 0) is 7.05 Å². The number of amides is 1. The molecule has 0 atom stereocenters. The molecule has 0 aromatic carbocycles. The molecule has 0 radical (unpaired) electrons. The molecular formula is C22H27B3N10O2. The monoisotopic (exact) mass is 496 g/mol. The molecule has 4 heterocycles. The number of hydrogen-bond donors (Lipinski definition) is 3. The summed E-state index contributed by atoms with van der Waals surface area (Å²) in [5.41, 5.74) is 3.27. The normalized spacial score (nSPS) is 11.1. The molecule has 12 nitrogen and oxygen atoms in total. The highest BCUT2D eigenvalue weighted by molar-refractivity contribution is 6.60. The number of hydrogen-bond acceptors (Lipinski definition) is 10. The highest BCUT2D eigenvalue weighted by Crippen LogP contribution is 2.35. The Hall–Kier alpha value is -4.42. The molecule has 4 aromatic rings. The minimum Gasteiger partial charge on any atom is -0.492 e. The fourth-order valence-electron chi connectivity index (χ4n) is 3.45. The van der Waals surface area contributed by atoms with Crippen molar-refractivity contribution in [1.82, 2.24) is 40.2 Å². The van der Waals surface area contributed by atoms with Gasteiger partial charge in [0.05, 0.1) is 18.4 Å². The Kier molecular flexibility index (Phi) is 7.14. The van der Waals surface area contributed by atoms with Crippen molar-refractivity contribution in [3.63, 3.8) is 0 Å². The van der Waals surface area contributed by atoms with Crippen LogP contribution in [-0.4, -0.2) is 76.7 Å². The lowest BCUT2D eigenvalue weighted by Gasteiger charge is -2.21. The van der Waals surface area contributed by atoms with Gasteiger partial charge in [-0.25, -0.2) is 15.0 Å². The van der Waals surface area contributed by atoms with Crippen LogP contribution in [0.1, 0.15) is 21.6 Å². The van der Waals surface area contributed by atoms with E-state index in [0.29, 0.717) is 40.3 Å². The first-order chi connectivity index (χ1) is 17.5. The maximum absolute atomic E-state index is 13.1. The van der Waals surface area contributed by atoms with Gasteiger partial charge in [0, 0.05) is 25.5 Å². The zero-order valence-electron chi connectivity index (χ0n) is 21.9. The summed E-state index contributed by atoms with van der Waals surface area (Å²) >= 11 is 0. The van der Waals surface area contributed by atoms with Crippen molar-refractivity contribution in [3.05, 3.63) is 53.7 Å². The van der Waals surface area contributed by atoms with Gasteiger partial charge in [0.2, 0.25) is 0 Å². The van der Waals surface area contributed by atoms with E-state index in [1.807, 2.05) is 43.5 Å². The van der Waals surface area contributed by atoms with Gasteiger partial charge in [-0.1, -0.05) is 0 Å². The predicted octanol–water partition coefficient (Wildman–Crippen LogP) is -0.585. The smallest absolute Gasteiger partial charge is 0.272 e. The van der Waals surface area contributed by atoms with Gasteiger partial charge in [0.25, 0.3) is 5.91 Å². The Morgan fingerprint density at radius 2 is 1.81 bits per heavy atom. The van der Waals surface area contributed by atoms with Crippen molar-refractivity contribution in [2.24, 2.45) is 7.05 Å².